The summed E-state index contributed by atoms with van der Waals surface area (Å²) in [6.07, 6.45) is 2.80. The topological polar surface area (TPSA) is 15.7 Å². The number of likely N-dealkylation sites (tertiary alicyclic amines) is 2. The van der Waals surface area contributed by atoms with Gasteiger partial charge >= 0.3 is 0 Å². The van der Waals surface area contributed by atoms with Crippen molar-refractivity contribution in [3.8, 4) is 0 Å². The molecule has 116 valence electrons. The van der Waals surface area contributed by atoms with Gasteiger partial charge in [0.15, 0.2) is 0 Å². The number of hydrogen-bond donors (Lipinski definition) is 0. The number of piperidine rings is 1. The number of ether oxygens (including phenoxy) is 1. The Morgan fingerprint density at radius 2 is 2.00 bits per heavy atom. The molecule has 2 heterocycles. The van der Waals surface area contributed by atoms with Crippen molar-refractivity contribution in [2.45, 2.75) is 31.9 Å². The summed E-state index contributed by atoms with van der Waals surface area (Å²) in [5, 5.41) is 0. The van der Waals surface area contributed by atoms with Crippen LogP contribution in [-0.2, 0) is 11.2 Å². The van der Waals surface area contributed by atoms with Gasteiger partial charge in [-0.15, -0.1) is 0 Å². The number of methoxy groups -OCH3 is 1. The molecule has 0 N–H and O–H groups in total. The lowest BCUT2D eigenvalue weighted by Gasteiger charge is -2.41. The summed E-state index contributed by atoms with van der Waals surface area (Å²) in [6, 6.07) is 11.6. The van der Waals surface area contributed by atoms with Gasteiger partial charge in [-0.2, -0.15) is 0 Å². The van der Waals surface area contributed by atoms with Crippen LogP contribution in [0.5, 0.6) is 0 Å². The van der Waals surface area contributed by atoms with E-state index < -0.39 is 0 Å². The third-order valence-electron chi connectivity index (χ3n) is 5.34. The Bertz CT molecular complexity index is 436. The van der Waals surface area contributed by atoms with E-state index >= 15 is 0 Å². The first-order valence-electron chi connectivity index (χ1n) is 8.35. The van der Waals surface area contributed by atoms with E-state index in [9.17, 15) is 0 Å². The van der Waals surface area contributed by atoms with E-state index in [4.69, 9.17) is 4.74 Å². The number of fused-ring (bicyclic) bond motifs is 1. The van der Waals surface area contributed by atoms with Crippen molar-refractivity contribution in [1.82, 2.24) is 9.80 Å². The van der Waals surface area contributed by atoms with Crippen molar-refractivity contribution in [3.05, 3.63) is 35.9 Å². The maximum atomic E-state index is 5.76. The fourth-order valence-electron chi connectivity index (χ4n) is 4.06. The van der Waals surface area contributed by atoms with Crippen molar-refractivity contribution >= 4 is 0 Å². The zero-order valence-electron chi connectivity index (χ0n) is 13.4. The minimum absolute atomic E-state index is 0.458. The minimum Gasteiger partial charge on any atom is -0.381 e. The van der Waals surface area contributed by atoms with E-state index in [0.717, 1.165) is 13.0 Å². The van der Waals surface area contributed by atoms with Crippen molar-refractivity contribution in [3.63, 3.8) is 0 Å². The zero-order valence-corrected chi connectivity index (χ0v) is 13.4. The molecule has 2 aliphatic heterocycles. The molecule has 3 heteroatoms. The normalized spacial score (nSPS) is 30.5. The molecule has 0 saturated carbocycles. The molecule has 0 amide bonds. The van der Waals surface area contributed by atoms with E-state index in [0.29, 0.717) is 18.1 Å². The highest BCUT2D eigenvalue weighted by Crippen LogP contribution is 2.32. The molecule has 3 rings (SSSR count). The number of hydrogen-bond acceptors (Lipinski definition) is 3. The van der Waals surface area contributed by atoms with E-state index in [2.05, 4.69) is 47.1 Å². The van der Waals surface area contributed by atoms with E-state index in [1.54, 1.807) is 0 Å². The van der Waals surface area contributed by atoms with Crippen molar-refractivity contribution in [1.29, 1.82) is 0 Å². The van der Waals surface area contributed by atoms with Crippen LogP contribution >= 0.6 is 0 Å². The van der Waals surface area contributed by atoms with E-state index in [-0.39, 0.29) is 0 Å². The van der Waals surface area contributed by atoms with Gasteiger partial charge in [-0.05, 0) is 24.9 Å². The van der Waals surface area contributed by atoms with Crippen molar-refractivity contribution < 1.29 is 4.74 Å². The van der Waals surface area contributed by atoms with Gasteiger partial charge in [0.05, 0.1) is 6.10 Å². The average molecular weight is 288 g/mol. The number of rotatable bonds is 5. The fourth-order valence-corrected chi connectivity index (χ4v) is 4.06. The molecule has 0 aliphatic carbocycles. The van der Waals surface area contributed by atoms with Crippen LogP contribution in [0.3, 0.4) is 0 Å². The summed E-state index contributed by atoms with van der Waals surface area (Å²) >= 11 is 0. The van der Waals surface area contributed by atoms with E-state index in [1.165, 1.54) is 38.2 Å². The van der Waals surface area contributed by atoms with Gasteiger partial charge in [0.25, 0.3) is 0 Å². The number of benzene rings is 1. The van der Waals surface area contributed by atoms with Crippen LogP contribution in [0, 0.1) is 5.92 Å². The lowest BCUT2D eigenvalue weighted by molar-refractivity contribution is -0.0212. The molecule has 0 unspecified atom stereocenters. The van der Waals surface area contributed by atoms with Crippen LogP contribution in [0.1, 0.15) is 18.9 Å². The molecule has 2 aliphatic rings. The predicted octanol–water partition coefficient (Wildman–Crippen LogP) is 2.27. The van der Waals surface area contributed by atoms with Gasteiger partial charge in [-0.3, -0.25) is 4.90 Å². The highest BCUT2D eigenvalue weighted by atomic mass is 16.5. The molecule has 2 fully saturated rings. The lowest BCUT2D eigenvalue weighted by Crippen LogP contribution is -2.51. The molecule has 21 heavy (non-hydrogen) atoms. The standard InChI is InChI=1S/C18H28N2O/c1-3-19-13-16-17(14-19)20(12-10-18(16)21-2)11-9-15-7-5-4-6-8-15/h4-8,16-18H,3,9-14H2,1-2H3/t16-,17+,18-/m0/s1. The third kappa shape index (κ3) is 3.31. The first kappa shape index (κ1) is 15.0. The van der Waals surface area contributed by atoms with Crippen LogP contribution in [0.15, 0.2) is 30.3 Å². The molecular weight excluding hydrogens is 260 g/mol. The van der Waals surface area contributed by atoms with Crippen LogP contribution in [0.4, 0.5) is 0 Å². The maximum Gasteiger partial charge on any atom is 0.0639 e. The monoisotopic (exact) mass is 288 g/mol. The first-order valence-corrected chi connectivity index (χ1v) is 8.35. The van der Waals surface area contributed by atoms with Gasteiger partial charge in [0.1, 0.15) is 0 Å². The molecule has 3 atom stereocenters. The van der Waals surface area contributed by atoms with Gasteiger partial charge in [0, 0.05) is 45.2 Å². The SMILES string of the molecule is CCN1C[C@@H]2[C@@H](OC)CCN(CCc3ccccc3)[C@@H]2C1. The maximum absolute atomic E-state index is 5.76. The summed E-state index contributed by atoms with van der Waals surface area (Å²) in [7, 11) is 1.88. The highest BCUT2D eigenvalue weighted by molar-refractivity contribution is 5.15. The Labute approximate surface area is 128 Å². The smallest absolute Gasteiger partial charge is 0.0639 e. The van der Waals surface area contributed by atoms with Crippen LogP contribution in [-0.4, -0.2) is 61.8 Å². The van der Waals surface area contributed by atoms with Crippen molar-refractivity contribution in [2.24, 2.45) is 5.92 Å². The molecule has 1 aromatic carbocycles. The first-order chi connectivity index (χ1) is 10.3. The summed E-state index contributed by atoms with van der Waals surface area (Å²) in [6.45, 7) is 8.23. The zero-order chi connectivity index (χ0) is 14.7. The van der Waals surface area contributed by atoms with Crippen LogP contribution < -0.4 is 0 Å². The fraction of sp³-hybridized carbons (Fsp3) is 0.667. The molecule has 0 bridgehead atoms. The summed E-state index contributed by atoms with van der Waals surface area (Å²) in [5.41, 5.74) is 1.45. The predicted molar refractivity (Wildman–Crippen MR) is 86.5 cm³/mol. The van der Waals surface area contributed by atoms with Gasteiger partial charge < -0.3 is 9.64 Å². The van der Waals surface area contributed by atoms with Gasteiger partial charge in [-0.25, -0.2) is 0 Å². The molecule has 0 aromatic heterocycles. The number of likely N-dealkylation sites (N-methyl/N-ethyl adjacent to an activating group) is 1. The number of nitrogens with zero attached hydrogens (tertiary/aromatic N) is 2. The third-order valence-corrected chi connectivity index (χ3v) is 5.34. The lowest BCUT2D eigenvalue weighted by atomic mass is 9.88. The van der Waals surface area contributed by atoms with Crippen LogP contribution in [0.2, 0.25) is 0 Å². The minimum atomic E-state index is 0.458. The Morgan fingerprint density at radius 3 is 2.71 bits per heavy atom. The second kappa shape index (κ2) is 6.91. The van der Waals surface area contributed by atoms with Crippen LogP contribution in [0.25, 0.3) is 0 Å². The Morgan fingerprint density at radius 1 is 1.19 bits per heavy atom. The highest BCUT2D eigenvalue weighted by Gasteiger charge is 2.43. The average Bonchev–Trinajstić information content (AvgIpc) is 2.98. The Balaban J connectivity index is 1.63. The summed E-state index contributed by atoms with van der Waals surface area (Å²) in [4.78, 5) is 5.30. The quantitative estimate of drug-likeness (QED) is 0.826. The molecule has 2 saturated heterocycles. The Hall–Kier alpha value is -0.900. The summed E-state index contributed by atoms with van der Waals surface area (Å²) in [5.74, 6) is 0.694. The molecule has 0 spiro atoms. The molecule has 0 radical (unpaired) electrons. The van der Waals surface area contributed by atoms with Gasteiger partial charge in [0.2, 0.25) is 0 Å². The summed E-state index contributed by atoms with van der Waals surface area (Å²) < 4.78 is 5.76. The second-order valence-electron chi connectivity index (χ2n) is 6.42. The second-order valence-corrected chi connectivity index (χ2v) is 6.42. The van der Waals surface area contributed by atoms with E-state index in [1.807, 2.05) is 7.11 Å². The Kier molecular flexibility index (Phi) is 4.94. The van der Waals surface area contributed by atoms with Gasteiger partial charge in [-0.1, -0.05) is 37.3 Å². The molecule has 3 nitrogen and oxygen atoms in total. The largest absolute Gasteiger partial charge is 0.381 e. The molecule has 1 aromatic rings. The molecular formula is C18H28N2O. The van der Waals surface area contributed by atoms with Crippen molar-refractivity contribution in [2.75, 3.05) is 39.8 Å².